The summed E-state index contributed by atoms with van der Waals surface area (Å²) in [5, 5.41) is 8.47. The fraction of sp³-hybridized carbons (Fsp3) is 0.143. The minimum Gasteiger partial charge on any atom is -0.284 e. The minimum atomic E-state index is -3.29. The van der Waals surface area contributed by atoms with E-state index in [4.69, 9.17) is 5.26 Å². The van der Waals surface area contributed by atoms with Gasteiger partial charge in [-0.05, 0) is 12.1 Å². The number of rotatable bonds is 2. The molecule has 1 aromatic heterocycles. The molecule has 0 saturated carbocycles. The van der Waals surface area contributed by atoms with Crippen LogP contribution in [-0.2, 0) is 10.0 Å². The quantitative estimate of drug-likeness (QED) is 0.740. The molecule has 13 heavy (non-hydrogen) atoms. The maximum atomic E-state index is 10.8. The number of hydrogen-bond acceptors (Lipinski definition) is 4. The van der Waals surface area contributed by atoms with Crippen molar-refractivity contribution in [2.45, 2.75) is 0 Å². The van der Waals surface area contributed by atoms with Crippen LogP contribution in [-0.4, -0.2) is 19.7 Å². The predicted octanol–water partition coefficient (Wildman–Crippen LogP) is 0.325. The van der Waals surface area contributed by atoms with Gasteiger partial charge in [0.2, 0.25) is 10.0 Å². The van der Waals surface area contributed by atoms with Crippen LogP contribution in [0.1, 0.15) is 5.69 Å². The molecule has 5 nitrogen and oxygen atoms in total. The van der Waals surface area contributed by atoms with Crippen molar-refractivity contribution < 1.29 is 8.42 Å². The van der Waals surface area contributed by atoms with Crippen LogP contribution < -0.4 is 4.72 Å². The van der Waals surface area contributed by atoms with Crippen molar-refractivity contribution in [2.24, 2.45) is 0 Å². The standard InChI is InChI=1S/C7H7N3O2S/c1-13(11,12)10-6-2-3-9-7(4-6)5-8/h2-4H,1H3,(H,9,10). The minimum absolute atomic E-state index is 0.175. The fourth-order valence-corrected chi connectivity index (χ4v) is 1.32. The van der Waals surface area contributed by atoms with Gasteiger partial charge in [-0.1, -0.05) is 0 Å². The third-order valence-corrected chi connectivity index (χ3v) is 1.78. The van der Waals surface area contributed by atoms with E-state index in [2.05, 4.69) is 9.71 Å². The molecule has 0 bridgehead atoms. The Kier molecular flexibility index (Phi) is 2.49. The van der Waals surface area contributed by atoms with E-state index in [1.165, 1.54) is 18.3 Å². The molecule has 0 fully saturated rings. The second-order valence-electron chi connectivity index (χ2n) is 2.42. The van der Waals surface area contributed by atoms with E-state index in [-0.39, 0.29) is 5.69 Å². The molecule has 0 aliphatic rings. The summed E-state index contributed by atoms with van der Waals surface area (Å²) in [6.07, 6.45) is 2.41. The molecule has 0 aliphatic carbocycles. The molecule has 0 aliphatic heterocycles. The summed E-state index contributed by atoms with van der Waals surface area (Å²) in [4.78, 5) is 3.69. The van der Waals surface area contributed by atoms with Crippen molar-refractivity contribution in [3.05, 3.63) is 24.0 Å². The van der Waals surface area contributed by atoms with Crippen LogP contribution in [0.15, 0.2) is 18.3 Å². The van der Waals surface area contributed by atoms with Crippen LogP contribution in [0.2, 0.25) is 0 Å². The molecule has 1 aromatic rings. The highest BCUT2D eigenvalue weighted by Crippen LogP contribution is 2.08. The molecule has 6 heteroatoms. The summed E-state index contributed by atoms with van der Waals surface area (Å²) in [5.74, 6) is 0. The van der Waals surface area contributed by atoms with Gasteiger partial charge in [0, 0.05) is 6.20 Å². The lowest BCUT2D eigenvalue weighted by atomic mass is 10.3. The van der Waals surface area contributed by atoms with Crippen molar-refractivity contribution in [3.8, 4) is 6.07 Å². The number of hydrogen-bond donors (Lipinski definition) is 1. The Morgan fingerprint density at radius 2 is 2.31 bits per heavy atom. The lowest BCUT2D eigenvalue weighted by molar-refractivity contribution is 0.607. The Labute approximate surface area is 76.1 Å². The zero-order chi connectivity index (χ0) is 9.90. The van der Waals surface area contributed by atoms with Crippen LogP contribution in [0.3, 0.4) is 0 Å². The fourth-order valence-electron chi connectivity index (χ4n) is 0.769. The van der Waals surface area contributed by atoms with Crippen molar-refractivity contribution >= 4 is 15.7 Å². The lowest BCUT2D eigenvalue weighted by Gasteiger charge is -2.01. The first-order chi connectivity index (χ1) is 6.01. The van der Waals surface area contributed by atoms with Crippen LogP contribution in [0.4, 0.5) is 5.69 Å². The SMILES string of the molecule is CS(=O)(=O)Nc1ccnc(C#N)c1. The van der Waals surface area contributed by atoms with Gasteiger partial charge in [0.1, 0.15) is 11.8 Å². The predicted molar refractivity (Wildman–Crippen MR) is 47.4 cm³/mol. The van der Waals surface area contributed by atoms with Gasteiger partial charge in [-0.15, -0.1) is 0 Å². The van der Waals surface area contributed by atoms with Crippen LogP contribution in [0, 0.1) is 11.3 Å². The molecule has 68 valence electrons. The van der Waals surface area contributed by atoms with Crippen molar-refractivity contribution in [3.63, 3.8) is 0 Å². The van der Waals surface area contributed by atoms with E-state index in [1.54, 1.807) is 0 Å². The van der Waals surface area contributed by atoms with E-state index in [9.17, 15) is 8.42 Å². The van der Waals surface area contributed by atoms with E-state index >= 15 is 0 Å². The Balaban J connectivity index is 2.99. The third-order valence-electron chi connectivity index (χ3n) is 1.18. The molecule has 0 saturated heterocycles. The van der Waals surface area contributed by atoms with Crippen molar-refractivity contribution in [2.75, 3.05) is 11.0 Å². The topological polar surface area (TPSA) is 82.8 Å². The zero-order valence-corrected chi connectivity index (χ0v) is 7.67. The monoisotopic (exact) mass is 197 g/mol. The lowest BCUT2D eigenvalue weighted by Crippen LogP contribution is -2.09. The van der Waals surface area contributed by atoms with Gasteiger partial charge in [-0.25, -0.2) is 13.4 Å². The van der Waals surface area contributed by atoms with Gasteiger partial charge in [0.15, 0.2) is 0 Å². The molecule has 1 N–H and O–H groups in total. The summed E-state index contributed by atoms with van der Waals surface area (Å²) in [5.41, 5.74) is 0.516. The van der Waals surface area contributed by atoms with Gasteiger partial charge in [0.05, 0.1) is 11.9 Å². The molecule has 0 amide bonds. The van der Waals surface area contributed by atoms with Crippen LogP contribution >= 0.6 is 0 Å². The molecule has 0 unspecified atom stereocenters. The summed E-state index contributed by atoms with van der Waals surface area (Å²) >= 11 is 0. The number of nitriles is 1. The van der Waals surface area contributed by atoms with Crippen LogP contribution in [0.25, 0.3) is 0 Å². The van der Waals surface area contributed by atoms with Gasteiger partial charge in [-0.3, -0.25) is 4.72 Å². The average molecular weight is 197 g/mol. The van der Waals surface area contributed by atoms with E-state index in [0.29, 0.717) is 5.69 Å². The smallest absolute Gasteiger partial charge is 0.229 e. The highest BCUT2D eigenvalue weighted by molar-refractivity contribution is 7.92. The van der Waals surface area contributed by atoms with E-state index in [0.717, 1.165) is 6.26 Å². The van der Waals surface area contributed by atoms with Gasteiger partial charge < -0.3 is 0 Å². The maximum absolute atomic E-state index is 10.8. The van der Waals surface area contributed by atoms with Gasteiger partial charge in [-0.2, -0.15) is 5.26 Å². The molecule has 0 aromatic carbocycles. The van der Waals surface area contributed by atoms with Gasteiger partial charge >= 0.3 is 0 Å². The maximum Gasteiger partial charge on any atom is 0.229 e. The Bertz CT molecular complexity index is 447. The summed E-state index contributed by atoms with van der Waals surface area (Å²) < 4.78 is 23.8. The van der Waals surface area contributed by atoms with E-state index < -0.39 is 10.0 Å². The number of nitrogens with one attached hydrogen (secondary N) is 1. The average Bonchev–Trinajstić information content (AvgIpc) is 2.01. The second-order valence-corrected chi connectivity index (χ2v) is 4.16. The third kappa shape index (κ3) is 3.09. The molecule has 1 rings (SSSR count). The molecule has 0 radical (unpaired) electrons. The zero-order valence-electron chi connectivity index (χ0n) is 6.85. The Morgan fingerprint density at radius 3 is 2.85 bits per heavy atom. The first-order valence-electron chi connectivity index (χ1n) is 3.35. The normalized spacial score (nSPS) is 10.5. The first kappa shape index (κ1) is 9.48. The van der Waals surface area contributed by atoms with Crippen molar-refractivity contribution in [1.82, 2.24) is 4.98 Å². The summed E-state index contributed by atoms with van der Waals surface area (Å²) in [7, 11) is -3.29. The molecule has 1 heterocycles. The first-order valence-corrected chi connectivity index (χ1v) is 5.24. The molecule has 0 atom stereocenters. The largest absolute Gasteiger partial charge is 0.284 e. The molecular weight excluding hydrogens is 190 g/mol. The number of sulfonamides is 1. The number of pyridine rings is 1. The Morgan fingerprint density at radius 1 is 1.62 bits per heavy atom. The molecular formula is C7H7N3O2S. The highest BCUT2D eigenvalue weighted by Gasteiger charge is 2.01. The number of anilines is 1. The highest BCUT2D eigenvalue weighted by atomic mass is 32.2. The van der Waals surface area contributed by atoms with E-state index in [1.807, 2.05) is 6.07 Å². The summed E-state index contributed by atoms with van der Waals surface area (Å²) in [6.45, 7) is 0. The number of aromatic nitrogens is 1. The molecule has 0 spiro atoms. The Hall–Kier alpha value is -1.61. The van der Waals surface area contributed by atoms with Crippen molar-refractivity contribution in [1.29, 1.82) is 5.26 Å². The summed E-state index contributed by atoms with van der Waals surface area (Å²) in [6, 6.07) is 4.64. The van der Waals surface area contributed by atoms with Gasteiger partial charge in [0.25, 0.3) is 0 Å². The van der Waals surface area contributed by atoms with Crippen LogP contribution in [0.5, 0.6) is 0 Å². The second kappa shape index (κ2) is 3.41. The number of nitrogens with zero attached hydrogens (tertiary/aromatic N) is 2.